The van der Waals surface area contributed by atoms with Crippen molar-refractivity contribution in [2.24, 2.45) is 5.73 Å². The Bertz CT molecular complexity index is 350. The van der Waals surface area contributed by atoms with E-state index in [0.717, 1.165) is 30.4 Å². The number of nitrogens with two attached hydrogens (primary N) is 1. The Hall–Kier alpha value is -0.380. The first-order valence-corrected chi connectivity index (χ1v) is 6.91. The van der Waals surface area contributed by atoms with Crippen LogP contribution in [0.3, 0.4) is 0 Å². The van der Waals surface area contributed by atoms with Crippen molar-refractivity contribution in [3.63, 3.8) is 0 Å². The first kappa shape index (κ1) is 14.7. The van der Waals surface area contributed by atoms with Gasteiger partial charge in [0.1, 0.15) is 0 Å². The van der Waals surface area contributed by atoms with Crippen LogP contribution in [0.25, 0.3) is 0 Å². The summed E-state index contributed by atoms with van der Waals surface area (Å²) in [4.78, 5) is 2.39. The third-order valence-electron chi connectivity index (χ3n) is 3.41. The molecule has 0 atom stereocenters. The van der Waals surface area contributed by atoms with Crippen LogP contribution < -0.4 is 5.73 Å². The number of halogens is 1. The first-order valence-electron chi connectivity index (χ1n) is 6.11. The number of likely N-dealkylation sites (N-methyl/N-ethyl adjacent to an activating group) is 1. The molecule has 0 aliphatic heterocycles. The Kier molecular flexibility index (Phi) is 5.63. The lowest BCUT2D eigenvalue weighted by Gasteiger charge is -2.35. The van der Waals surface area contributed by atoms with Crippen molar-refractivity contribution < 1.29 is 0 Å². The van der Waals surface area contributed by atoms with Crippen molar-refractivity contribution in [2.45, 2.75) is 32.2 Å². The number of benzene rings is 1. The van der Waals surface area contributed by atoms with Crippen molar-refractivity contribution in [3.8, 4) is 0 Å². The van der Waals surface area contributed by atoms with Crippen LogP contribution in [-0.4, -0.2) is 30.6 Å². The lowest BCUT2D eigenvalue weighted by atomic mass is 9.98. The smallest absolute Gasteiger partial charge is 0.0178 e. The second kappa shape index (κ2) is 6.53. The molecule has 1 rings (SSSR count). The summed E-state index contributed by atoms with van der Waals surface area (Å²) >= 11 is 3.50. The monoisotopic (exact) mass is 298 g/mol. The highest BCUT2D eigenvalue weighted by Gasteiger charge is 2.21. The highest BCUT2D eigenvalue weighted by atomic mass is 79.9. The second-order valence-corrected chi connectivity index (χ2v) is 6.07. The zero-order chi connectivity index (χ0) is 12.9. The van der Waals surface area contributed by atoms with Crippen molar-refractivity contribution in [2.75, 3.05) is 20.1 Å². The molecule has 0 saturated carbocycles. The molecule has 0 unspecified atom stereocenters. The van der Waals surface area contributed by atoms with Gasteiger partial charge in [-0.15, -0.1) is 0 Å². The molecule has 1 aromatic rings. The normalized spacial score (nSPS) is 12.1. The Morgan fingerprint density at radius 1 is 1.35 bits per heavy atom. The van der Waals surface area contributed by atoms with Crippen LogP contribution in [0.1, 0.15) is 25.8 Å². The van der Waals surface area contributed by atoms with E-state index in [0.29, 0.717) is 0 Å². The first-order chi connectivity index (χ1) is 7.95. The van der Waals surface area contributed by atoms with E-state index in [1.165, 1.54) is 5.56 Å². The highest BCUT2D eigenvalue weighted by Crippen LogP contribution is 2.17. The van der Waals surface area contributed by atoms with E-state index in [9.17, 15) is 0 Å². The maximum atomic E-state index is 5.65. The van der Waals surface area contributed by atoms with Crippen molar-refractivity contribution in [1.82, 2.24) is 4.90 Å². The summed E-state index contributed by atoms with van der Waals surface area (Å²) in [5.41, 5.74) is 7.20. The average molecular weight is 299 g/mol. The molecular weight excluding hydrogens is 276 g/mol. The Balaban J connectivity index is 2.50. The standard InChI is InChI=1S/C14H23BrN2/c1-14(2,8-9-16)17(3)10-7-12-5-4-6-13(15)11-12/h4-6,11H,7-10,16H2,1-3H3. The molecule has 0 amide bonds. The number of rotatable bonds is 6. The fourth-order valence-corrected chi connectivity index (χ4v) is 2.28. The minimum absolute atomic E-state index is 0.181. The van der Waals surface area contributed by atoms with Crippen LogP contribution in [0.5, 0.6) is 0 Å². The summed E-state index contributed by atoms with van der Waals surface area (Å²) in [7, 11) is 2.17. The maximum Gasteiger partial charge on any atom is 0.0178 e. The Morgan fingerprint density at radius 3 is 2.65 bits per heavy atom. The molecule has 96 valence electrons. The molecular formula is C14H23BrN2. The van der Waals surface area contributed by atoms with E-state index in [4.69, 9.17) is 5.73 Å². The topological polar surface area (TPSA) is 29.3 Å². The van der Waals surface area contributed by atoms with E-state index in [-0.39, 0.29) is 5.54 Å². The van der Waals surface area contributed by atoms with Gasteiger partial charge in [-0.1, -0.05) is 28.1 Å². The molecule has 3 heteroatoms. The highest BCUT2D eigenvalue weighted by molar-refractivity contribution is 9.10. The van der Waals surface area contributed by atoms with Crippen LogP contribution in [0, 0.1) is 0 Å². The molecule has 0 heterocycles. The molecule has 0 radical (unpaired) electrons. The lowest BCUT2D eigenvalue weighted by Crippen LogP contribution is -2.43. The lowest BCUT2D eigenvalue weighted by molar-refractivity contribution is 0.150. The van der Waals surface area contributed by atoms with Crippen molar-refractivity contribution >= 4 is 15.9 Å². The van der Waals surface area contributed by atoms with Gasteiger partial charge in [0.25, 0.3) is 0 Å². The van der Waals surface area contributed by atoms with Gasteiger partial charge in [-0.25, -0.2) is 0 Å². The minimum Gasteiger partial charge on any atom is -0.330 e. The Labute approximate surface area is 113 Å². The Morgan fingerprint density at radius 2 is 2.06 bits per heavy atom. The van der Waals surface area contributed by atoms with E-state index >= 15 is 0 Å². The van der Waals surface area contributed by atoms with Gasteiger partial charge >= 0.3 is 0 Å². The van der Waals surface area contributed by atoms with Gasteiger partial charge in [0.2, 0.25) is 0 Å². The minimum atomic E-state index is 0.181. The van der Waals surface area contributed by atoms with Crippen LogP contribution in [0.15, 0.2) is 28.7 Å². The summed E-state index contributed by atoms with van der Waals surface area (Å²) in [6, 6.07) is 8.51. The second-order valence-electron chi connectivity index (χ2n) is 5.15. The maximum absolute atomic E-state index is 5.65. The van der Waals surface area contributed by atoms with Crippen LogP contribution in [0.4, 0.5) is 0 Å². The van der Waals surface area contributed by atoms with Gasteiger partial charge < -0.3 is 10.6 Å². The van der Waals surface area contributed by atoms with Gasteiger partial charge in [0.05, 0.1) is 0 Å². The van der Waals surface area contributed by atoms with Gasteiger partial charge in [-0.2, -0.15) is 0 Å². The quantitative estimate of drug-likeness (QED) is 0.875. The molecule has 0 aliphatic carbocycles. The van der Waals surface area contributed by atoms with E-state index in [1.54, 1.807) is 0 Å². The van der Waals surface area contributed by atoms with Crippen molar-refractivity contribution in [3.05, 3.63) is 34.3 Å². The van der Waals surface area contributed by atoms with Crippen LogP contribution in [-0.2, 0) is 6.42 Å². The molecule has 0 saturated heterocycles. The molecule has 2 N–H and O–H groups in total. The van der Waals surface area contributed by atoms with Crippen LogP contribution >= 0.6 is 15.9 Å². The predicted octanol–water partition coefficient (Wildman–Crippen LogP) is 3.05. The summed E-state index contributed by atoms with van der Waals surface area (Å²) in [6.07, 6.45) is 2.10. The van der Waals surface area contributed by atoms with Gasteiger partial charge in [0.15, 0.2) is 0 Å². The number of hydrogen-bond donors (Lipinski definition) is 1. The molecule has 0 aromatic heterocycles. The summed E-state index contributed by atoms with van der Waals surface area (Å²) in [5.74, 6) is 0. The zero-order valence-corrected chi connectivity index (χ0v) is 12.6. The zero-order valence-electron chi connectivity index (χ0n) is 11.0. The van der Waals surface area contributed by atoms with Crippen LogP contribution in [0.2, 0.25) is 0 Å². The molecule has 0 bridgehead atoms. The summed E-state index contributed by atoms with van der Waals surface area (Å²) in [6.45, 7) is 6.30. The largest absolute Gasteiger partial charge is 0.330 e. The molecule has 1 aromatic carbocycles. The van der Waals surface area contributed by atoms with E-state index in [2.05, 4.69) is 66.0 Å². The molecule has 17 heavy (non-hydrogen) atoms. The van der Waals surface area contributed by atoms with Gasteiger partial charge in [0, 0.05) is 16.6 Å². The third kappa shape index (κ3) is 4.78. The molecule has 0 fully saturated rings. The number of hydrogen-bond acceptors (Lipinski definition) is 2. The van der Waals surface area contributed by atoms with E-state index in [1.807, 2.05) is 0 Å². The summed E-state index contributed by atoms with van der Waals surface area (Å²) in [5, 5.41) is 0. The average Bonchev–Trinajstić information content (AvgIpc) is 2.26. The SMILES string of the molecule is CN(CCc1cccc(Br)c1)C(C)(C)CCN. The molecule has 0 spiro atoms. The molecule has 0 aliphatic rings. The summed E-state index contributed by atoms with van der Waals surface area (Å²) < 4.78 is 1.15. The van der Waals surface area contributed by atoms with Gasteiger partial charge in [-0.3, -0.25) is 0 Å². The van der Waals surface area contributed by atoms with Gasteiger partial charge in [-0.05, 0) is 58.0 Å². The fourth-order valence-electron chi connectivity index (χ4n) is 1.84. The molecule has 2 nitrogen and oxygen atoms in total. The predicted molar refractivity (Wildman–Crippen MR) is 78.2 cm³/mol. The fraction of sp³-hybridized carbons (Fsp3) is 0.571. The number of nitrogens with zero attached hydrogens (tertiary/aromatic N) is 1. The van der Waals surface area contributed by atoms with E-state index < -0.39 is 0 Å². The third-order valence-corrected chi connectivity index (χ3v) is 3.91. The van der Waals surface area contributed by atoms with Crippen molar-refractivity contribution in [1.29, 1.82) is 0 Å².